The summed E-state index contributed by atoms with van der Waals surface area (Å²) in [4.78, 5) is 14.2. The van der Waals surface area contributed by atoms with Crippen molar-refractivity contribution < 1.29 is 4.74 Å². The van der Waals surface area contributed by atoms with E-state index in [4.69, 9.17) is 4.74 Å². The monoisotopic (exact) mass is 225 g/mol. The van der Waals surface area contributed by atoms with E-state index in [0.29, 0.717) is 0 Å². The van der Waals surface area contributed by atoms with Crippen LogP contribution in [0.2, 0.25) is 0 Å². The molecule has 0 unspecified atom stereocenters. The van der Waals surface area contributed by atoms with Crippen LogP contribution in [-0.4, -0.2) is 12.1 Å². The maximum atomic E-state index is 11.4. The van der Waals surface area contributed by atoms with Crippen molar-refractivity contribution in [2.24, 2.45) is 0 Å². The maximum Gasteiger partial charge on any atom is 0.248 e. The van der Waals surface area contributed by atoms with E-state index in [0.717, 1.165) is 27.4 Å². The molecule has 0 bridgehead atoms. The summed E-state index contributed by atoms with van der Waals surface area (Å²) < 4.78 is 5.19. The Morgan fingerprint density at radius 3 is 2.59 bits per heavy atom. The average Bonchev–Trinajstić information content (AvgIpc) is 2.37. The topological polar surface area (TPSA) is 42.1 Å². The molecule has 0 spiro atoms. The number of pyridine rings is 1. The molecule has 3 rings (SSSR count). The average molecular weight is 225 g/mol. The second-order valence-corrected chi connectivity index (χ2v) is 3.94. The van der Waals surface area contributed by atoms with E-state index in [1.165, 1.54) is 6.07 Å². The summed E-state index contributed by atoms with van der Waals surface area (Å²) in [6, 6.07) is 13.2. The molecule has 3 nitrogen and oxygen atoms in total. The molecule has 0 radical (unpaired) electrons. The van der Waals surface area contributed by atoms with Crippen LogP contribution in [0.15, 0.2) is 47.3 Å². The molecular weight excluding hydrogens is 214 g/mol. The fraction of sp³-hybridized carbons (Fsp3) is 0.0714. The fourth-order valence-corrected chi connectivity index (χ4v) is 2.06. The van der Waals surface area contributed by atoms with Crippen molar-refractivity contribution in [3.8, 4) is 5.75 Å². The molecule has 2 aromatic carbocycles. The maximum absolute atomic E-state index is 11.4. The molecular formula is C14H11NO2. The van der Waals surface area contributed by atoms with E-state index in [1.54, 1.807) is 7.11 Å². The Morgan fingerprint density at radius 2 is 1.76 bits per heavy atom. The third-order valence-electron chi connectivity index (χ3n) is 2.92. The highest BCUT2D eigenvalue weighted by Gasteiger charge is 2.02. The van der Waals surface area contributed by atoms with E-state index in [-0.39, 0.29) is 5.56 Å². The predicted octanol–water partition coefficient (Wildman–Crippen LogP) is 2.69. The first kappa shape index (κ1) is 9.90. The number of H-pyrrole nitrogens is 1. The highest BCUT2D eigenvalue weighted by atomic mass is 16.5. The smallest absolute Gasteiger partial charge is 0.248 e. The molecule has 0 atom stereocenters. The second-order valence-electron chi connectivity index (χ2n) is 3.94. The van der Waals surface area contributed by atoms with Gasteiger partial charge in [0.2, 0.25) is 5.56 Å². The Morgan fingerprint density at radius 1 is 1.00 bits per heavy atom. The number of fused-ring (bicyclic) bond motifs is 3. The standard InChI is InChI=1S/C14H11NO2/c1-17-11-5-6-12-10(8-11)3-2-9-4-7-13(16)15-14(9)12/h2-8H,1H3,(H,15,16). The Kier molecular flexibility index (Phi) is 2.11. The lowest BCUT2D eigenvalue weighted by Gasteiger charge is -2.05. The van der Waals surface area contributed by atoms with E-state index >= 15 is 0 Å². The Labute approximate surface area is 97.7 Å². The summed E-state index contributed by atoms with van der Waals surface area (Å²) in [7, 11) is 1.64. The second kappa shape index (κ2) is 3.63. The number of hydrogen-bond acceptors (Lipinski definition) is 2. The Bertz CT molecular complexity index is 759. The van der Waals surface area contributed by atoms with E-state index < -0.39 is 0 Å². The number of nitrogens with one attached hydrogen (secondary N) is 1. The van der Waals surface area contributed by atoms with Gasteiger partial charge in [-0.05, 0) is 35.0 Å². The molecule has 3 heteroatoms. The van der Waals surface area contributed by atoms with Crippen LogP contribution < -0.4 is 10.3 Å². The Hall–Kier alpha value is -2.29. The van der Waals surface area contributed by atoms with Crippen LogP contribution in [-0.2, 0) is 0 Å². The third-order valence-corrected chi connectivity index (χ3v) is 2.92. The van der Waals surface area contributed by atoms with Crippen LogP contribution in [0.1, 0.15) is 0 Å². The highest BCUT2D eigenvalue weighted by Crippen LogP contribution is 2.26. The summed E-state index contributed by atoms with van der Waals surface area (Å²) in [5.74, 6) is 0.815. The van der Waals surface area contributed by atoms with Crippen LogP contribution in [0.3, 0.4) is 0 Å². The van der Waals surface area contributed by atoms with Gasteiger partial charge in [0.15, 0.2) is 0 Å². The number of aromatic amines is 1. The molecule has 84 valence electrons. The lowest BCUT2D eigenvalue weighted by molar-refractivity contribution is 0.415. The van der Waals surface area contributed by atoms with Gasteiger partial charge >= 0.3 is 0 Å². The summed E-state index contributed by atoms with van der Waals surface area (Å²) >= 11 is 0. The molecule has 0 aliphatic heterocycles. The molecule has 0 fully saturated rings. The summed E-state index contributed by atoms with van der Waals surface area (Å²) in [5, 5.41) is 3.11. The van der Waals surface area contributed by atoms with Crippen LogP contribution in [0.25, 0.3) is 21.7 Å². The van der Waals surface area contributed by atoms with Gasteiger partial charge in [-0.3, -0.25) is 4.79 Å². The van der Waals surface area contributed by atoms with Crippen LogP contribution in [0, 0.1) is 0 Å². The summed E-state index contributed by atoms with van der Waals surface area (Å²) in [5.41, 5.74) is 0.790. The van der Waals surface area contributed by atoms with Crippen LogP contribution in [0.5, 0.6) is 5.75 Å². The van der Waals surface area contributed by atoms with Crippen molar-refractivity contribution in [3.63, 3.8) is 0 Å². The van der Waals surface area contributed by atoms with Gasteiger partial charge in [0.25, 0.3) is 0 Å². The molecule has 0 saturated heterocycles. The molecule has 1 aromatic heterocycles. The molecule has 17 heavy (non-hydrogen) atoms. The largest absolute Gasteiger partial charge is 0.497 e. The van der Waals surface area contributed by atoms with Gasteiger partial charge < -0.3 is 9.72 Å². The molecule has 3 aromatic rings. The first-order chi connectivity index (χ1) is 8.28. The highest BCUT2D eigenvalue weighted by molar-refractivity contribution is 6.05. The van der Waals surface area contributed by atoms with Crippen molar-refractivity contribution >= 4 is 21.7 Å². The molecule has 1 N–H and O–H groups in total. The minimum absolute atomic E-state index is 0.0826. The predicted molar refractivity (Wildman–Crippen MR) is 68.6 cm³/mol. The minimum Gasteiger partial charge on any atom is -0.497 e. The van der Waals surface area contributed by atoms with E-state index in [9.17, 15) is 4.79 Å². The van der Waals surface area contributed by atoms with Crippen molar-refractivity contribution in [1.82, 2.24) is 4.98 Å². The van der Waals surface area contributed by atoms with Gasteiger partial charge in [-0.2, -0.15) is 0 Å². The zero-order valence-corrected chi connectivity index (χ0v) is 9.36. The van der Waals surface area contributed by atoms with E-state index in [1.807, 2.05) is 36.4 Å². The number of methoxy groups -OCH3 is 1. The van der Waals surface area contributed by atoms with Crippen molar-refractivity contribution in [3.05, 3.63) is 52.8 Å². The van der Waals surface area contributed by atoms with Gasteiger partial charge in [0.05, 0.1) is 12.6 Å². The van der Waals surface area contributed by atoms with E-state index in [2.05, 4.69) is 4.98 Å². The summed E-state index contributed by atoms with van der Waals surface area (Å²) in [6.07, 6.45) is 0. The minimum atomic E-state index is -0.0826. The van der Waals surface area contributed by atoms with Gasteiger partial charge in [-0.25, -0.2) is 0 Å². The van der Waals surface area contributed by atoms with Crippen molar-refractivity contribution in [1.29, 1.82) is 0 Å². The first-order valence-electron chi connectivity index (χ1n) is 5.38. The van der Waals surface area contributed by atoms with Crippen molar-refractivity contribution in [2.45, 2.75) is 0 Å². The quantitative estimate of drug-likeness (QED) is 0.647. The van der Waals surface area contributed by atoms with Gasteiger partial charge in [-0.15, -0.1) is 0 Å². The Balaban J connectivity index is 2.46. The lowest BCUT2D eigenvalue weighted by atomic mass is 10.1. The first-order valence-corrected chi connectivity index (χ1v) is 5.38. The third kappa shape index (κ3) is 1.56. The fourth-order valence-electron chi connectivity index (χ4n) is 2.06. The molecule has 0 aliphatic carbocycles. The van der Waals surface area contributed by atoms with Crippen LogP contribution >= 0.6 is 0 Å². The number of hydrogen-bond donors (Lipinski definition) is 1. The molecule has 0 aliphatic rings. The zero-order valence-electron chi connectivity index (χ0n) is 9.36. The number of benzene rings is 2. The summed E-state index contributed by atoms with van der Waals surface area (Å²) in [6.45, 7) is 0. The number of ether oxygens (including phenoxy) is 1. The van der Waals surface area contributed by atoms with Gasteiger partial charge in [-0.1, -0.05) is 12.1 Å². The molecule has 0 saturated carbocycles. The zero-order chi connectivity index (χ0) is 11.8. The number of aromatic nitrogens is 1. The van der Waals surface area contributed by atoms with Gasteiger partial charge in [0, 0.05) is 11.5 Å². The number of rotatable bonds is 1. The van der Waals surface area contributed by atoms with Gasteiger partial charge in [0.1, 0.15) is 5.75 Å². The van der Waals surface area contributed by atoms with Crippen LogP contribution in [0.4, 0.5) is 0 Å². The molecule has 0 amide bonds. The van der Waals surface area contributed by atoms with Crippen molar-refractivity contribution in [2.75, 3.05) is 7.11 Å². The molecule has 1 heterocycles. The SMILES string of the molecule is COc1ccc2c(ccc3ccc(=O)[nH]c32)c1. The normalized spacial score (nSPS) is 10.9. The lowest BCUT2D eigenvalue weighted by Crippen LogP contribution is -2.02.